The number of hydrogen-bond acceptors (Lipinski definition) is 2. The molecule has 1 aromatic rings. The molecule has 2 atom stereocenters. The molecule has 0 aromatic heterocycles. The van der Waals surface area contributed by atoms with Crippen LogP contribution in [0.1, 0.15) is 24.8 Å². The molecule has 90 valence electrons. The van der Waals surface area contributed by atoms with Crippen molar-refractivity contribution in [2.24, 2.45) is 5.92 Å². The third-order valence-electron chi connectivity index (χ3n) is 4.04. The monoisotopic (exact) mass is 270 g/mol. The van der Waals surface area contributed by atoms with Crippen molar-refractivity contribution in [2.45, 2.75) is 24.7 Å². The molecule has 0 bridgehead atoms. The van der Waals surface area contributed by atoms with Crippen LogP contribution >= 0.6 is 23.2 Å². The van der Waals surface area contributed by atoms with Crippen molar-refractivity contribution in [3.8, 4) is 0 Å². The Morgan fingerprint density at radius 3 is 2.88 bits per heavy atom. The van der Waals surface area contributed by atoms with E-state index in [-0.39, 0.29) is 5.97 Å². The Bertz CT molecular complexity index is 486. The lowest BCUT2D eigenvalue weighted by atomic mass is 9.74. The predicted octanol–water partition coefficient (Wildman–Crippen LogP) is 3.59. The van der Waals surface area contributed by atoms with Crippen LogP contribution in [-0.4, -0.2) is 12.6 Å². The first kappa shape index (κ1) is 11.4. The van der Waals surface area contributed by atoms with Crippen molar-refractivity contribution < 1.29 is 9.53 Å². The van der Waals surface area contributed by atoms with E-state index in [1.807, 2.05) is 12.1 Å². The van der Waals surface area contributed by atoms with Gasteiger partial charge in [-0.15, -0.1) is 0 Å². The minimum atomic E-state index is -0.464. The van der Waals surface area contributed by atoms with Gasteiger partial charge in [0.25, 0.3) is 0 Å². The molecule has 2 aliphatic rings. The van der Waals surface area contributed by atoms with Crippen LogP contribution in [0.4, 0.5) is 0 Å². The first-order chi connectivity index (χ1) is 8.14. The van der Waals surface area contributed by atoms with Gasteiger partial charge in [-0.05, 0) is 30.5 Å². The van der Waals surface area contributed by atoms with E-state index >= 15 is 0 Å². The number of rotatable bonds is 1. The Morgan fingerprint density at radius 2 is 2.12 bits per heavy atom. The summed E-state index contributed by atoms with van der Waals surface area (Å²) in [6.45, 7) is 0.541. The second kappa shape index (κ2) is 3.89. The van der Waals surface area contributed by atoms with E-state index in [1.54, 1.807) is 6.07 Å². The van der Waals surface area contributed by atoms with Gasteiger partial charge in [0.1, 0.15) is 0 Å². The number of fused-ring (bicyclic) bond motifs is 1. The molecule has 1 aromatic carbocycles. The Kier molecular flexibility index (Phi) is 2.60. The zero-order valence-corrected chi connectivity index (χ0v) is 10.7. The maximum atomic E-state index is 12.1. The molecule has 0 N–H and O–H groups in total. The molecule has 1 aliphatic carbocycles. The standard InChI is InChI=1S/C13H12Cl2O2/c14-10-4-3-8(6-11(10)15)13-5-1-2-9(13)7-17-12(13)16/h3-4,6,9H,1-2,5,7H2. The lowest BCUT2D eigenvalue weighted by Gasteiger charge is -2.25. The summed E-state index contributed by atoms with van der Waals surface area (Å²) in [5.74, 6) is 0.200. The molecule has 1 saturated heterocycles. The number of hydrogen-bond donors (Lipinski definition) is 0. The van der Waals surface area contributed by atoms with Crippen molar-refractivity contribution in [3.05, 3.63) is 33.8 Å². The van der Waals surface area contributed by atoms with Crippen LogP contribution in [-0.2, 0) is 14.9 Å². The molecule has 17 heavy (non-hydrogen) atoms. The summed E-state index contributed by atoms with van der Waals surface area (Å²) in [6.07, 6.45) is 2.97. The molecule has 3 rings (SSSR count). The second-order valence-electron chi connectivity index (χ2n) is 4.79. The van der Waals surface area contributed by atoms with Crippen LogP contribution in [0.2, 0.25) is 10.0 Å². The maximum Gasteiger partial charge on any atom is 0.316 e. The Hall–Kier alpha value is -0.730. The highest BCUT2D eigenvalue weighted by molar-refractivity contribution is 6.42. The lowest BCUT2D eigenvalue weighted by Crippen LogP contribution is -2.33. The van der Waals surface area contributed by atoms with E-state index in [0.29, 0.717) is 22.6 Å². The van der Waals surface area contributed by atoms with Crippen molar-refractivity contribution in [1.29, 1.82) is 0 Å². The minimum Gasteiger partial charge on any atom is -0.465 e. The van der Waals surface area contributed by atoms with E-state index in [2.05, 4.69) is 0 Å². The fourth-order valence-electron chi connectivity index (χ4n) is 3.15. The summed E-state index contributed by atoms with van der Waals surface area (Å²) in [5, 5.41) is 1.02. The number of halogens is 2. The molecular formula is C13H12Cl2O2. The van der Waals surface area contributed by atoms with E-state index in [9.17, 15) is 4.79 Å². The first-order valence-electron chi connectivity index (χ1n) is 5.77. The van der Waals surface area contributed by atoms with Gasteiger partial charge >= 0.3 is 5.97 Å². The largest absolute Gasteiger partial charge is 0.465 e. The first-order valence-corrected chi connectivity index (χ1v) is 6.53. The fourth-order valence-corrected chi connectivity index (χ4v) is 3.45. The van der Waals surface area contributed by atoms with Crippen LogP contribution in [0.15, 0.2) is 18.2 Å². The van der Waals surface area contributed by atoms with E-state index in [0.717, 1.165) is 24.8 Å². The van der Waals surface area contributed by atoms with Gasteiger partial charge in [-0.3, -0.25) is 4.79 Å². The smallest absolute Gasteiger partial charge is 0.316 e. The highest BCUT2D eigenvalue weighted by Crippen LogP contribution is 2.51. The third kappa shape index (κ3) is 1.50. The topological polar surface area (TPSA) is 26.3 Å². The number of cyclic esters (lactones) is 1. The minimum absolute atomic E-state index is 0.0987. The molecular weight excluding hydrogens is 259 g/mol. The third-order valence-corrected chi connectivity index (χ3v) is 4.77. The lowest BCUT2D eigenvalue weighted by molar-refractivity contribution is -0.142. The molecule has 2 fully saturated rings. The number of ether oxygens (including phenoxy) is 1. The zero-order valence-electron chi connectivity index (χ0n) is 9.21. The van der Waals surface area contributed by atoms with Crippen LogP contribution in [0.5, 0.6) is 0 Å². The Morgan fingerprint density at radius 1 is 1.29 bits per heavy atom. The number of benzene rings is 1. The number of carbonyl (C=O) groups is 1. The Labute approximate surface area is 110 Å². The van der Waals surface area contributed by atoms with Crippen LogP contribution in [0, 0.1) is 5.92 Å². The summed E-state index contributed by atoms with van der Waals surface area (Å²) >= 11 is 12.0. The normalized spacial score (nSPS) is 31.4. The van der Waals surface area contributed by atoms with Gasteiger partial charge < -0.3 is 4.74 Å². The molecule has 1 saturated carbocycles. The van der Waals surface area contributed by atoms with Gasteiger partial charge in [0.2, 0.25) is 0 Å². The fraction of sp³-hybridized carbons (Fsp3) is 0.462. The summed E-state index contributed by atoms with van der Waals surface area (Å²) in [6, 6.07) is 5.48. The summed E-state index contributed by atoms with van der Waals surface area (Å²) in [4.78, 5) is 12.1. The molecule has 1 heterocycles. The van der Waals surface area contributed by atoms with E-state index < -0.39 is 5.41 Å². The molecule has 4 heteroatoms. The second-order valence-corrected chi connectivity index (χ2v) is 5.60. The molecule has 0 spiro atoms. The number of esters is 1. The van der Waals surface area contributed by atoms with Gasteiger partial charge in [-0.2, -0.15) is 0 Å². The average Bonchev–Trinajstić information content (AvgIpc) is 2.85. The highest BCUT2D eigenvalue weighted by atomic mass is 35.5. The van der Waals surface area contributed by atoms with Crippen LogP contribution in [0.25, 0.3) is 0 Å². The van der Waals surface area contributed by atoms with Crippen molar-refractivity contribution in [2.75, 3.05) is 6.61 Å². The van der Waals surface area contributed by atoms with E-state index in [4.69, 9.17) is 27.9 Å². The van der Waals surface area contributed by atoms with Gasteiger partial charge in [0, 0.05) is 5.92 Å². The highest BCUT2D eigenvalue weighted by Gasteiger charge is 2.56. The molecule has 0 amide bonds. The molecule has 0 radical (unpaired) electrons. The van der Waals surface area contributed by atoms with Crippen molar-refractivity contribution in [3.63, 3.8) is 0 Å². The molecule has 2 unspecified atom stereocenters. The van der Waals surface area contributed by atoms with Gasteiger partial charge in [0.05, 0.1) is 22.1 Å². The van der Waals surface area contributed by atoms with Gasteiger partial charge in [-0.1, -0.05) is 35.7 Å². The SMILES string of the molecule is O=C1OCC2CCCC12c1ccc(Cl)c(Cl)c1. The van der Waals surface area contributed by atoms with E-state index in [1.165, 1.54) is 0 Å². The van der Waals surface area contributed by atoms with Crippen molar-refractivity contribution in [1.82, 2.24) is 0 Å². The summed E-state index contributed by atoms with van der Waals surface area (Å²) < 4.78 is 5.23. The molecule has 2 nitrogen and oxygen atoms in total. The van der Waals surface area contributed by atoms with Gasteiger partial charge in [-0.25, -0.2) is 0 Å². The quantitative estimate of drug-likeness (QED) is 0.729. The Balaban J connectivity index is 2.12. The van der Waals surface area contributed by atoms with Crippen LogP contribution < -0.4 is 0 Å². The summed E-state index contributed by atoms with van der Waals surface area (Å²) in [7, 11) is 0. The maximum absolute atomic E-state index is 12.1. The van der Waals surface area contributed by atoms with Gasteiger partial charge in [0.15, 0.2) is 0 Å². The predicted molar refractivity (Wildman–Crippen MR) is 66.4 cm³/mol. The van der Waals surface area contributed by atoms with Crippen molar-refractivity contribution >= 4 is 29.2 Å². The van der Waals surface area contributed by atoms with Crippen LogP contribution in [0.3, 0.4) is 0 Å². The number of carbonyl (C=O) groups excluding carboxylic acids is 1. The molecule has 1 aliphatic heterocycles. The average molecular weight is 271 g/mol. The summed E-state index contributed by atoms with van der Waals surface area (Å²) in [5.41, 5.74) is 0.491. The zero-order chi connectivity index (χ0) is 12.0.